The van der Waals surface area contributed by atoms with E-state index in [0.717, 1.165) is 39.9 Å². The highest BCUT2D eigenvalue weighted by molar-refractivity contribution is 7.99. The Hall–Kier alpha value is -1.86. The molecule has 0 unspecified atom stereocenters. The van der Waals surface area contributed by atoms with Gasteiger partial charge < -0.3 is 0 Å². The van der Waals surface area contributed by atoms with Crippen LogP contribution in [0.1, 0.15) is 16.7 Å². The molecule has 0 aliphatic carbocycles. The van der Waals surface area contributed by atoms with E-state index in [1.165, 1.54) is 0 Å². The summed E-state index contributed by atoms with van der Waals surface area (Å²) in [6.45, 7) is 3.82. The normalized spacial score (nSPS) is 10.3. The Morgan fingerprint density at radius 1 is 1.05 bits per heavy atom. The minimum absolute atomic E-state index is 0.0136. The summed E-state index contributed by atoms with van der Waals surface area (Å²) in [6, 6.07) is 9.58. The molecule has 0 aromatic heterocycles. The molecule has 0 bridgehead atoms. The molecule has 2 rings (SSSR count). The average molecular weight is 275 g/mol. The number of rotatable bonds is 2. The van der Waals surface area contributed by atoms with E-state index < -0.39 is 11.6 Å². The van der Waals surface area contributed by atoms with Crippen LogP contribution in [0, 0.1) is 36.8 Å². The Morgan fingerprint density at radius 2 is 1.68 bits per heavy atom. The van der Waals surface area contributed by atoms with Crippen LogP contribution in [0.15, 0.2) is 40.1 Å². The molecule has 19 heavy (non-hydrogen) atoms. The molecule has 2 aromatic carbocycles. The summed E-state index contributed by atoms with van der Waals surface area (Å²) in [7, 11) is 0. The highest BCUT2D eigenvalue weighted by Crippen LogP contribution is 2.34. The van der Waals surface area contributed by atoms with Crippen LogP contribution in [0.4, 0.5) is 8.78 Å². The zero-order chi connectivity index (χ0) is 14.0. The van der Waals surface area contributed by atoms with Crippen LogP contribution >= 0.6 is 11.8 Å². The van der Waals surface area contributed by atoms with E-state index in [-0.39, 0.29) is 10.5 Å². The molecule has 0 N–H and O–H groups in total. The van der Waals surface area contributed by atoms with Gasteiger partial charge in [-0.1, -0.05) is 23.9 Å². The predicted octanol–water partition coefficient (Wildman–Crippen LogP) is 4.60. The van der Waals surface area contributed by atoms with Crippen molar-refractivity contribution in [1.82, 2.24) is 0 Å². The summed E-state index contributed by atoms with van der Waals surface area (Å²) >= 11 is 1.04. The molecule has 1 nitrogen and oxygen atoms in total. The first-order valence-electron chi connectivity index (χ1n) is 5.65. The Labute approximate surface area is 114 Å². The third-order valence-electron chi connectivity index (χ3n) is 2.68. The Bertz CT molecular complexity index is 651. The second-order valence-electron chi connectivity index (χ2n) is 4.25. The van der Waals surface area contributed by atoms with E-state index in [2.05, 4.69) is 0 Å². The standard InChI is InChI=1S/C15H11F2NS/c1-9-3-4-10(2)14(5-9)19-15-12(16)6-11(8-18)7-13(15)17/h3-7H,1-2H3. The minimum atomic E-state index is -0.706. The van der Waals surface area contributed by atoms with Crippen molar-refractivity contribution < 1.29 is 8.78 Å². The van der Waals surface area contributed by atoms with Gasteiger partial charge in [-0.25, -0.2) is 8.78 Å². The lowest BCUT2D eigenvalue weighted by Gasteiger charge is -2.08. The SMILES string of the molecule is Cc1ccc(C)c(Sc2c(F)cc(C#N)cc2F)c1. The van der Waals surface area contributed by atoms with Gasteiger partial charge in [0.1, 0.15) is 11.6 Å². The van der Waals surface area contributed by atoms with Gasteiger partial charge in [0.15, 0.2) is 0 Å². The summed E-state index contributed by atoms with van der Waals surface area (Å²) in [5, 5.41) is 8.66. The van der Waals surface area contributed by atoms with Gasteiger partial charge in [-0.3, -0.25) is 0 Å². The topological polar surface area (TPSA) is 23.8 Å². The van der Waals surface area contributed by atoms with Gasteiger partial charge in [0.05, 0.1) is 16.5 Å². The van der Waals surface area contributed by atoms with Crippen LogP contribution in [-0.2, 0) is 0 Å². The van der Waals surface area contributed by atoms with Crippen molar-refractivity contribution >= 4 is 11.8 Å². The largest absolute Gasteiger partial charge is 0.206 e. The molecule has 0 aliphatic heterocycles. The number of nitriles is 1. The van der Waals surface area contributed by atoms with Crippen LogP contribution in [-0.4, -0.2) is 0 Å². The molecule has 0 saturated heterocycles. The lowest BCUT2D eigenvalue weighted by Crippen LogP contribution is -1.91. The van der Waals surface area contributed by atoms with Crippen molar-refractivity contribution in [1.29, 1.82) is 5.26 Å². The Balaban J connectivity index is 2.44. The lowest BCUT2D eigenvalue weighted by molar-refractivity contribution is 0.540. The number of hydrogen-bond donors (Lipinski definition) is 0. The first-order chi connectivity index (χ1) is 9.01. The molecule has 0 amide bonds. The van der Waals surface area contributed by atoms with Crippen molar-refractivity contribution in [3.05, 3.63) is 58.7 Å². The van der Waals surface area contributed by atoms with Crippen LogP contribution in [0.2, 0.25) is 0 Å². The third-order valence-corrected chi connectivity index (χ3v) is 3.94. The zero-order valence-electron chi connectivity index (χ0n) is 10.5. The van der Waals surface area contributed by atoms with E-state index in [1.807, 2.05) is 32.0 Å². The van der Waals surface area contributed by atoms with Gasteiger partial charge in [0.2, 0.25) is 0 Å². The highest BCUT2D eigenvalue weighted by atomic mass is 32.2. The molecule has 4 heteroatoms. The summed E-state index contributed by atoms with van der Waals surface area (Å²) in [5.74, 6) is -1.41. The second kappa shape index (κ2) is 5.41. The van der Waals surface area contributed by atoms with Gasteiger partial charge in [-0.15, -0.1) is 0 Å². The van der Waals surface area contributed by atoms with Crippen molar-refractivity contribution in [3.8, 4) is 6.07 Å². The van der Waals surface area contributed by atoms with Crippen molar-refractivity contribution in [2.75, 3.05) is 0 Å². The van der Waals surface area contributed by atoms with Crippen LogP contribution in [0.25, 0.3) is 0 Å². The maximum absolute atomic E-state index is 13.8. The zero-order valence-corrected chi connectivity index (χ0v) is 11.3. The molecule has 0 atom stereocenters. The Kier molecular flexibility index (Phi) is 3.87. The molecular formula is C15H11F2NS. The summed E-state index contributed by atoms with van der Waals surface area (Å²) in [4.78, 5) is 0.732. The van der Waals surface area contributed by atoms with Crippen molar-refractivity contribution in [3.63, 3.8) is 0 Å². The molecular weight excluding hydrogens is 264 g/mol. The monoisotopic (exact) mass is 275 g/mol. The van der Waals surface area contributed by atoms with E-state index >= 15 is 0 Å². The van der Waals surface area contributed by atoms with E-state index in [9.17, 15) is 8.78 Å². The van der Waals surface area contributed by atoms with Crippen molar-refractivity contribution in [2.24, 2.45) is 0 Å². The predicted molar refractivity (Wildman–Crippen MR) is 71.1 cm³/mol. The molecule has 0 fully saturated rings. The lowest BCUT2D eigenvalue weighted by atomic mass is 10.2. The fourth-order valence-corrected chi connectivity index (χ4v) is 2.66. The van der Waals surface area contributed by atoms with E-state index in [0.29, 0.717) is 0 Å². The first kappa shape index (κ1) is 13.6. The van der Waals surface area contributed by atoms with Crippen LogP contribution in [0.5, 0.6) is 0 Å². The first-order valence-corrected chi connectivity index (χ1v) is 6.47. The summed E-state index contributed by atoms with van der Waals surface area (Å²) in [6.07, 6.45) is 0. The molecule has 2 aromatic rings. The maximum Gasteiger partial charge on any atom is 0.141 e. The smallest absolute Gasteiger partial charge is 0.141 e. The van der Waals surface area contributed by atoms with E-state index in [4.69, 9.17) is 5.26 Å². The quantitative estimate of drug-likeness (QED) is 0.799. The summed E-state index contributed by atoms with van der Waals surface area (Å²) < 4.78 is 27.6. The molecule has 0 saturated carbocycles. The molecule has 0 spiro atoms. The van der Waals surface area contributed by atoms with Gasteiger partial charge in [-0.05, 0) is 43.2 Å². The molecule has 0 aliphatic rings. The van der Waals surface area contributed by atoms with Gasteiger partial charge >= 0.3 is 0 Å². The fraction of sp³-hybridized carbons (Fsp3) is 0.133. The number of aryl methyl sites for hydroxylation is 2. The van der Waals surface area contributed by atoms with Crippen molar-refractivity contribution in [2.45, 2.75) is 23.6 Å². The third kappa shape index (κ3) is 2.94. The van der Waals surface area contributed by atoms with Gasteiger partial charge in [0.25, 0.3) is 0 Å². The number of hydrogen-bond acceptors (Lipinski definition) is 2. The fourth-order valence-electron chi connectivity index (χ4n) is 1.65. The van der Waals surface area contributed by atoms with Crippen LogP contribution in [0.3, 0.4) is 0 Å². The Morgan fingerprint density at radius 3 is 2.26 bits per heavy atom. The maximum atomic E-state index is 13.8. The number of benzene rings is 2. The highest BCUT2D eigenvalue weighted by Gasteiger charge is 2.14. The molecule has 96 valence electrons. The minimum Gasteiger partial charge on any atom is -0.206 e. The number of halogens is 2. The summed E-state index contributed by atoms with van der Waals surface area (Å²) in [5.41, 5.74) is 1.97. The van der Waals surface area contributed by atoms with Gasteiger partial charge in [0, 0.05) is 4.90 Å². The average Bonchev–Trinajstić information content (AvgIpc) is 2.37. The molecule has 0 radical (unpaired) electrons. The van der Waals surface area contributed by atoms with E-state index in [1.54, 1.807) is 6.07 Å². The number of nitrogens with zero attached hydrogens (tertiary/aromatic N) is 1. The second-order valence-corrected chi connectivity index (χ2v) is 5.30. The van der Waals surface area contributed by atoms with Crippen LogP contribution < -0.4 is 0 Å². The van der Waals surface area contributed by atoms with Gasteiger partial charge in [-0.2, -0.15) is 5.26 Å². The molecule has 0 heterocycles.